The highest BCUT2D eigenvalue weighted by molar-refractivity contribution is 5.67. The molecule has 2 N–H and O–H groups in total. The Balaban J connectivity index is 1.15. The van der Waals surface area contributed by atoms with E-state index >= 15 is 0 Å². The fourth-order valence-electron chi connectivity index (χ4n) is 5.32. The van der Waals surface area contributed by atoms with Gasteiger partial charge in [0.05, 0.1) is 18.7 Å². The second-order valence-electron chi connectivity index (χ2n) is 11.3. The fourth-order valence-corrected chi connectivity index (χ4v) is 5.32. The highest BCUT2D eigenvalue weighted by Crippen LogP contribution is 2.24. The van der Waals surface area contributed by atoms with Gasteiger partial charge in [0.2, 0.25) is 5.89 Å². The number of aliphatic carboxylic acids is 1. The second-order valence-corrected chi connectivity index (χ2v) is 11.3. The van der Waals surface area contributed by atoms with Crippen LogP contribution >= 0.6 is 0 Å². The standard InChI is InChI=1S/C36H41N3O5/c1-26(23-35(40)41)39(24-28-13-16-32(17-14-28)44-31-11-7-4-8-12-31)25-29-15-18-34(37-21-19-29)42-22-20-33-27(2)43-36(38-33)30-9-5-3-6-10-30/h3-7,9-11,13-14,16-19,21,26,29,37H,8,12,15,20,22-25H2,1-2H3,(H,40,41)/t26-,29?/m0/s1. The van der Waals surface area contributed by atoms with Crippen molar-refractivity contribution in [1.82, 2.24) is 15.2 Å². The maximum absolute atomic E-state index is 11.6. The molecule has 2 aromatic carbocycles. The summed E-state index contributed by atoms with van der Waals surface area (Å²) in [6.45, 7) is 5.74. The molecule has 1 aliphatic heterocycles. The van der Waals surface area contributed by atoms with E-state index in [9.17, 15) is 9.90 Å². The first kappa shape index (κ1) is 30.9. The summed E-state index contributed by atoms with van der Waals surface area (Å²) in [5.74, 6) is 3.30. The Morgan fingerprint density at radius 1 is 1.18 bits per heavy atom. The van der Waals surface area contributed by atoms with Gasteiger partial charge in [-0.1, -0.05) is 48.6 Å². The first-order valence-electron chi connectivity index (χ1n) is 15.3. The highest BCUT2D eigenvalue weighted by Gasteiger charge is 2.21. The summed E-state index contributed by atoms with van der Waals surface area (Å²) < 4.78 is 17.9. The summed E-state index contributed by atoms with van der Waals surface area (Å²) >= 11 is 0. The zero-order valence-corrected chi connectivity index (χ0v) is 25.4. The van der Waals surface area contributed by atoms with Gasteiger partial charge in [-0.2, -0.15) is 0 Å². The Morgan fingerprint density at radius 3 is 2.75 bits per heavy atom. The van der Waals surface area contributed by atoms with Gasteiger partial charge in [-0.05, 0) is 74.6 Å². The minimum absolute atomic E-state index is 0.0786. The van der Waals surface area contributed by atoms with E-state index in [0.717, 1.165) is 53.4 Å². The van der Waals surface area contributed by atoms with Crippen LogP contribution in [0.1, 0.15) is 49.6 Å². The lowest BCUT2D eigenvalue weighted by Crippen LogP contribution is -2.37. The summed E-state index contributed by atoms with van der Waals surface area (Å²) in [5, 5.41) is 12.8. The number of ether oxygens (including phenoxy) is 2. The molecule has 8 nitrogen and oxygen atoms in total. The maximum atomic E-state index is 11.6. The van der Waals surface area contributed by atoms with Gasteiger partial charge in [0.1, 0.15) is 17.3 Å². The van der Waals surface area contributed by atoms with Crippen molar-refractivity contribution >= 4 is 5.97 Å². The van der Waals surface area contributed by atoms with Crippen LogP contribution in [0.4, 0.5) is 0 Å². The molecule has 0 bridgehead atoms. The van der Waals surface area contributed by atoms with Crippen molar-refractivity contribution in [3.05, 3.63) is 120 Å². The lowest BCUT2D eigenvalue weighted by Gasteiger charge is -2.31. The monoisotopic (exact) mass is 595 g/mol. The SMILES string of the molecule is Cc1oc(-c2ccccc2)nc1CCOC1=CCC(CN(Cc2ccc(OC3=CC=CCC3)cc2)[C@@H](C)CC(=O)O)C=CN1. The number of oxazole rings is 1. The largest absolute Gasteiger partial charge is 0.481 e. The van der Waals surface area contributed by atoms with Crippen molar-refractivity contribution in [2.75, 3.05) is 13.2 Å². The molecule has 3 aromatic rings. The first-order valence-corrected chi connectivity index (χ1v) is 15.3. The van der Waals surface area contributed by atoms with Gasteiger partial charge in [-0.3, -0.25) is 9.69 Å². The van der Waals surface area contributed by atoms with Crippen LogP contribution in [0.5, 0.6) is 5.75 Å². The zero-order chi connectivity index (χ0) is 30.7. The molecule has 2 atom stereocenters. The van der Waals surface area contributed by atoms with E-state index in [-0.39, 0.29) is 18.4 Å². The molecule has 1 aliphatic carbocycles. The predicted octanol–water partition coefficient (Wildman–Crippen LogP) is 7.15. The molecule has 44 heavy (non-hydrogen) atoms. The molecule has 0 spiro atoms. The molecule has 8 heteroatoms. The van der Waals surface area contributed by atoms with Crippen molar-refractivity contribution < 1.29 is 23.8 Å². The van der Waals surface area contributed by atoms with E-state index in [1.807, 2.05) is 74.7 Å². The van der Waals surface area contributed by atoms with Crippen molar-refractivity contribution in [2.45, 2.75) is 58.5 Å². The van der Waals surface area contributed by atoms with Crippen LogP contribution < -0.4 is 10.1 Å². The number of carboxylic acid groups (broad SMARTS) is 1. The molecule has 0 radical (unpaired) electrons. The molecule has 1 unspecified atom stereocenters. The number of nitrogens with one attached hydrogen (secondary N) is 1. The van der Waals surface area contributed by atoms with Gasteiger partial charge in [-0.15, -0.1) is 0 Å². The van der Waals surface area contributed by atoms with Crippen LogP contribution in [-0.2, 0) is 22.5 Å². The van der Waals surface area contributed by atoms with Crippen LogP contribution in [0.25, 0.3) is 11.5 Å². The molecular formula is C36H41N3O5. The third-order valence-corrected chi connectivity index (χ3v) is 7.81. The van der Waals surface area contributed by atoms with Gasteiger partial charge in [0.15, 0.2) is 5.88 Å². The molecule has 0 saturated heterocycles. The number of hydrogen-bond donors (Lipinski definition) is 2. The van der Waals surface area contributed by atoms with Crippen LogP contribution in [0.3, 0.4) is 0 Å². The number of nitrogens with zero attached hydrogens (tertiary/aromatic N) is 2. The average molecular weight is 596 g/mol. The van der Waals surface area contributed by atoms with Crippen LogP contribution in [0.2, 0.25) is 0 Å². The smallest absolute Gasteiger partial charge is 0.304 e. The number of allylic oxidation sites excluding steroid dienone is 5. The Bertz CT molecular complexity index is 1500. The van der Waals surface area contributed by atoms with Crippen molar-refractivity contribution in [2.24, 2.45) is 5.92 Å². The molecule has 2 heterocycles. The predicted molar refractivity (Wildman–Crippen MR) is 170 cm³/mol. The number of aryl methyl sites for hydroxylation is 1. The number of carboxylic acids is 1. The quantitative estimate of drug-likeness (QED) is 0.203. The minimum atomic E-state index is -0.798. The normalized spacial score (nSPS) is 16.9. The lowest BCUT2D eigenvalue weighted by atomic mass is 10.0. The fraction of sp³-hybridized carbons (Fsp3) is 0.333. The van der Waals surface area contributed by atoms with E-state index in [1.54, 1.807) is 0 Å². The van der Waals surface area contributed by atoms with E-state index in [4.69, 9.17) is 13.9 Å². The third-order valence-electron chi connectivity index (χ3n) is 7.81. The molecule has 0 saturated carbocycles. The summed E-state index contributed by atoms with van der Waals surface area (Å²) in [7, 11) is 0. The first-order chi connectivity index (χ1) is 21.4. The number of benzene rings is 2. The van der Waals surface area contributed by atoms with Gasteiger partial charge < -0.3 is 24.3 Å². The average Bonchev–Trinajstić information content (AvgIpc) is 3.25. The van der Waals surface area contributed by atoms with Crippen molar-refractivity contribution in [3.63, 3.8) is 0 Å². The number of hydrogen-bond acceptors (Lipinski definition) is 7. The van der Waals surface area contributed by atoms with Crippen molar-refractivity contribution in [1.29, 1.82) is 0 Å². The maximum Gasteiger partial charge on any atom is 0.304 e. The van der Waals surface area contributed by atoms with Crippen LogP contribution in [-0.4, -0.2) is 40.2 Å². The number of carbonyl (C=O) groups is 1. The molecule has 5 rings (SSSR count). The molecular weight excluding hydrogens is 554 g/mol. The molecule has 0 amide bonds. The molecule has 0 fully saturated rings. The van der Waals surface area contributed by atoms with Gasteiger partial charge in [0, 0.05) is 43.7 Å². The van der Waals surface area contributed by atoms with Crippen LogP contribution in [0.15, 0.2) is 107 Å². The zero-order valence-electron chi connectivity index (χ0n) is 25.4. The van der Waals surface area contributed by atoms with E-state index < -0.39 is 5.97 Å². The number of aromatic nitrogens is 1. The Labute approximate surface area is 259 Å². The second kappa shape index (κ2) is 15.3. The van der Waals surface area contributed by atoms with E-state index in [1.165, 1.54) is 0 Å². The summed E-state index contributed by atoms with van der Waals surface area (Å²) in [6, 6.07) is 17.8. The summed E-state index contributed by atoms with van der Waals surface area (Å²) in [4.78, 5) is 18.5. The van der Waals surface area contributed by atoms with E-state index in [0.29, 0.717) is 37.9 Å². The topological polar surface area (TPSA) is 97.1 Å². The van der Waals surface area contributed by atoms with Crippen LogP contribution in [0, 0.1) is 12.8 Å². The Hall–Kier alpha value is -4.56. The summed E-state index contributed by atoms with van der Waals surface area (Å²) in [5.41, 5.74) is 2.95. The summed E-state index contributed by atoms with van der Waals surface area (Å²) in [6.07, 6.45) is 15.7. The molecule has 2 aliphatic rings. The minimum Gasteiger partial charge on any atom is -0.481 e. The third kappa shape index (κ3) is 8.97. The molecule has 230 valence electrons. The van der Waals surface area contributed by atoms with E-state index in [2.05, 4.69) is 45.6 Å². The Morgan fingerprint density at radius 2 is 2.00 bits per heavy atom. The number of rotatable bonds is 14. The van der Waals surface area contributed by atoms with Gasteiger partial charge in [-0.25, -0.2) is 4.98 Å². The van der Waals surface area contributed by atoms with Gasteiger partial charge >= 0.3 is 5.97 Å². The van der Waals surface area contributed by atoms with Gasteiger partial charge in [0.25, 0.3) is 0 Å². The highest BCUT2D eigenvalue weighted by atomic mass is 16.5. The lowest BCUT2D eigenvalue weighted by molar-refractivity contribution is -0.138. The molecule has 1 aromatic heterocycles. The van der Waals surface area contributed by atoms with Crippen molar-refractivity contribution in [3.8, 4) is 17.2 Å². The Kier molecular flexibility index (Phi) is 10.7.